The molecule has 0 aliphatic heterocycles. The van der Waals surface area contributed by atoms with E-state index in [1.807, 2.05) is 51.1 Å². The number of anilines is 1. The first-order chi connectivity index (χ1) is 14.0. The highest BCUT2D eigenvalue weighted by Gasteiger charge is 2.17. The van der Waals surface area contributed by atoms with Gasteiger partial charge in [-0.1, -0.05) is 68.7 Å². The van der Waals surface area contributed by atoms with Gasteiger partial charge in [0.05, 0.1) is 17.7 Å². The predicted molar refractivity (Wildman–Crippen MR) is 116 cm³/mol. The minimum absolute atomic E-state index is 0.0644. The number of benzene rings is 2. The van der Waals surface area contributed by atoms with Crippen LogP contribution in [0.5, 0.6) is 0 Å². The first-order valence-electron chi connectivity index (χ1n) is 10.3. The van der Waals surface area contributed by atoms with Crippen molar-refractivity contribution in [3.05, 3.63) is 65.0 Å². The Kier molecular flexibility index (Phi) is 6.81. The van der Waals surface area contributed by atoms with Gasteiger partial charge in [-0.15, -0.1) is 0 Å². The number of hydrogen-bond acceptors (Lipinski definition) is 4. The van der Waals surface area contributed by atoms with Crippen molar-refractivity contribution in [1.82, 2.24) is 10.1 Å². The summed E-state index contributed by atoms with van der Waals surface area (Å²) in [4.78, 5) is 17.2. The summed E-state index contributed by atoms with van der Waals surface area (Å²) in [5, 5.41) is 7.09. The zero-order valence-electron chi connectivity index (χ0n) is 17.7. The maximum absolute atomic E-state index is 12.7. The Morgan fingerprint density at radius 1 is 1.10 bits per heavy atom. The molecule has 152 valence electrons. The van der Waals surface area contributed by atoms with Crippen LogP contribution in [0.1, 0.15) is 62.0 Å². The Morgan fingerprint density at radius 2 is 1.83 bits per heavy atom. The normalized spacial score (nSPS) is 11.1. The van der Waals surface area contributed by atoms with E-state index >= 15 is 0 Å². The molecule has 1 amide bonds. The van der Waals surface area contributed by atoms with E-state index in [0.29, 0.717) is 18.1 Å². The minimum atomic E-state index is -0.0644. The van der Waals surface area contributed by atoms with Crippen LogP contribution in [0, 0.1) is 6.92 Å². The number of aromatic nitrogens is 2. The molecular formula is C24H29N3O2. The van der Waals surface area contributed by atoms with Crippen molar-refractivity contribution in [1.29, 1.82) is 0 Å². The highest BCUT2D eigenvalue weighted by molar-refractivity contribution is 5.96. The van der Waals surface area contributed by atoms with Crippen LogP contribution in [0.15, 0.2) is 47.0 Å². The lowest BCUT2D eigenvalue weighted by Gasteiger charge is -2.12. The zero-order valence-corrected chi connectivity index (χ0v) is 17.7. The molecule has 0 radical (unpaired) electrons. The molecule has 0 saturated heterocycles. The maximum atomic E-state index is 12.7. The van der Waals surface area contributed by atoms with E-state index < -0.39 is 0 Å². The van der Waals surface area contributed by atoms with Crippen molar-refractivity contribution in [3.8, 4) is 11.5 Å². The van der Waals surface area contributed by atoms with E-state index in [4.69, 9.17) is 4.52 Å². The van der Waals surface area contributed by atoms with Gasteiger partial charge < -0.3 is 9.84 Å². The molecule has 0 unspecified atom stereocenters. The Labute approximate surface area is 172 Å². The number of unbranched alkanes of at least 4 members (excludes halogenated alkanes) is 1. The van der Waals surface area contributed by atoms with Crippen LogP contribution >= 0.6 is 0 Å². The number of carbonyl (C=O) groups is 1. The number of rotatable bonds is 8. The fraction of sp³-hybridized carbons (Fsp3) is 0.375. The van der Waals surface area contributed by atoms with Crippen LogP contribution in [0.2, 0.25) is 0 Å². The van der Waals surface area contributed by atoms with Crippen molar-refractivity contribution in [3.63, 3.8) is 0 Å². The predicted octanol–water partition coefficient (Wildman–Crippen LogP) is 5.69. The van der Waals surface area contributed by atoms with Gasteiger partial charge in [0.2, 0.25) is 5.91 Å². The molecule has 0 aliphatic carbocycles. The Morgan fingerprint density at radius 3 is 2.48 bits per heavy atom. The van der Waals surface area contributed by atoms with Crippen molar-refractivity contribution >= 4 is 11.6 Å². The number of nitrogens with zero attached hydrogens (tertiary/aromatic N) is 2. The molecule has 3 aromatic rings. The van der Waals surface area contributed by atoms with E-state index in [2.05, 4.69) is 34.5 Å². The summed E-state index contributed by atoms with van der Waals surface area (Å²) in [5.41, 5.74) is 4.73. The molecule has 5 heteroatoms. The topological polar surface area (TPSA) is 68.0 Å². The SMILES string of the molecule is CCCCc1ccc(CC(=O)Nc2c(C)cccc2-c2nc(C(C)C)no2)cc1. The summed E-state index contributed by atoms with van der Waals surface area (Å²) in [6.07, 6.45) is 3.77. The third kappa shape index (κ3) is 5.31. The van der Waals surface area contributed by atoms with Crippen LogP contribution in [0.3, 0.4) is 0 Å². The standard InChI is InChI=1S/C24H29N3O2/c1-5-6-9-18-11-13-19(14-12-18)15-21(28)25-22-17(4)8-7-10-20(22)24-26-23(16(2)3)27-29-24/h7-8,10-14,16H,5-6,9,15H2,1-4H3,(H,25,28). The van der Waals surface area contributed by atoms with Crippen LogP contribution in [0.25, 0.3) is 11.5 Å². The van der Waals surface area contributed by atoms with E-state index in [1.54, 1.807) is 0 Å². The Balaban J connectivity index is 1.74. The molecule has 0 bridgehead atoms. The summed E-state index contributed by atoms with van der Waals surface area (Å²) in [6.45, 7) is 8.18. The highest BCUT2D eigenvalue weighted by Crippen LogP contribution is 2.30. The zero-order chi connectivity index (χ0) is 20.8. The molecule has 1 N–H and O–H groups in total. The maximum Gasteiger partial charge on any atom is 0.260 e. The molecule has 29 heavy (non-hydrogen) atoms. The monoisotopic (exact) mass is 391 g/mol. The second kappa shape index (κ2) is 9.50. The third-order valence-corrected chi connectivity index (χ3v) is 4.93. The number of aryl methyl sites for hydroxylation is 2. The van der Waals surface area contributed by atoms with Crippen LogP contribution in [-0.2, 0) is 17.6 Å². The lowest BCUT2D eigenvalue weighted by atomic mass is 10.0. The molecule has 3 rings (SSSR count). The van der Waals surface area contributed by atoms with Gasteiger partial charge in [-0.25, -0.2) is 0 Å². The van der Waals surface area contributed by atoms with Crippen molar-refractivity contribution in [2.24, 2.45) is 0 Å². The van der Waals surface area contributed by atoms with Crippen LogP contribution < -0.4 is 5.32 Å². The lowest BCUT2D eigenvalue weighted by molar-refractivity contribution is -0.115. The van der Waals surface area contributed by atoms with Gasteiger partial charge in [-0.05, 0) is 42.5 Å². The second-order valence-corrected chi connectivity index (χ2v) is 7.75. The number of para-hydroxylation sites is 1. The van der Waals surface area contributed by atoms with Gasteiger partial charge in [0.1, 0.15) is 0 Å². The first-order valence-corrected chi connectivity index (χ1v) is 10.3. The lowest BCUT2D eigenvalue weighted by Crippen LogP contribution is -2.16. The van der Waals surface area contributed by atoms with E-state index in [9.17, 15) is 4.79 Å². The molecule has 0 atom stereocenters. The molecule has 1 heterocycles. The van der Waals surface area contributed by atoms with E-state index in [1.165, 1.54) is 18.4 Å². The molecule has 0 saturated carbocycles. The highest BCUT2D eigenvalue weighted by atomic mass is 16.5. The van der Waals surface area contributed by atoms with Gasteiger partial charge in [0.25, 0.3) is 5.89 Å². The van der Waals surface area contributed by atoms with Crippen molar-refractivity contribution < 1.29 is 9.32 Å². The molecule has 5 nitrogen and oxygen atoms in total. The average Bonchev–Trinajstić information content (AvgIpc) is 3.19. The van der Waals surface area contributed by atoms with Gasteiger partial charge >= 0.3 is 0 Å². The Bertz CT molecular complexity index is 959. The summed E-state index contributed by atoms with van der Waals surface area (Å²) in [5.74, 6) is 1.19. The summed E-state index contributed by atoms with van der Waals surface area (Å²) in [7, 11) is 0. The Hall–Kier alpha value is -2.95. The van der Waals surface area contributed by atoms with E-state index in [0.717, 1.165) is 28.8 Å². The van der Waals surface area contributed by atoms with Gasteiger partial charge in [-0.2, -0.15) is 4.98 Å². The van der Waals surface area contributed by atoms with Crippen LogP contribution in [-0.4, -0.2) is 16.0 Å². The largest absolute Gasteiger partial charge is 0.334 e. The number of amides is 1. The average molecular weight is 392 g/mol. The van der Waals surface area contributed by atoms with Crippen molar-refractivity contribution in [2.45, 2.75) is 59.3 Å². The number of carbonyl (C=O) groups excluding carboxylic acids is 1. The van der Waals surface area contributed by atoms with Crippen molar-refractivity contribution in [2.75, 3.05) is 5.32 Å². The molecular weight excluding hydrogens is 362 g/mol. The number of hydrogen-bond donors (Lipinski definition) is 1. The molecule has 0 aliphatic rings. The summed E-state index contributed by atoms with van der Waals surface area (Å²) < 4.78 is 5.44. The first kappa shape index (κ1) is 20.8. The molecule has 1 aromatic heterocycles. The van der Waals surface area contributed by atoms with Gasteiger partial charge in [-0.3, -0.25) is 4.79 Å². The van der Waals surface area contributed by atoms with Crippen LogP contribution in [0.4, 0.5) is 5.69 Å². The minimum Gasteiger partial charge on any atom is -0.334 e. The third-order valence-electron chi connectivity index (χ3n) is 4.93. The molecule has 0 fully saturated rings. The quantitative estimate of drug-likeness (QED) is 0.535. The smallest absolute Gasteiger partial charge is 0.260 e. The summed E-state index contributed by atoms with van der Waals surface area (Å²) in [6, 6.07) is 14.1. The fourth-order valence-electron chi connectivity index (χ4n) is 3.16. The van der Waals surface area contributed by atoms with E-state index in [-0.39, 0.29) is 11.8 Å². The summed E-state index contributed by atoms with van der Waals surface area (Å²) >= 11 is 0. The fourth-order valence-corrected chi connectivity index (χ4v) is 3.16. The number of nitrogens with one attached hydrogen (secondary N) is 1. The van der Waals surface area contributed by atoms with Gasteiger partial charge in [0, 0.05) is 5.92 Å². The van der Waals surface area contributed by atoms with Gasteiger partial charge in [0.15, 0.2) is 5.82 Å². The molecule has 2 aromatic carbocycles. The molecule has 0 spiro atoms. The second-order valence-electron chi connectivity index (χ2n) is 7.75.